The van der Waals surface area contributed by atoms with Crippen LogP contribution in [0.3, 0.4) is 0 Å². The van der Waals surface area contributed by atoms with Crippen LogP contribution in [0.2, 0.25) is 0 Å². The summed E-state index contributed by atoms with van der Waals surface area (Å²) in [6.07, 6.45) is 0. The van der Waals surface area contributed by atoms with Crippen LogP contribution in [0.25, 0.3) is 0 Å². The Balaban J connectivity index is 0. The van der Waals surface area contributed by atoms with Crippen molar-refractivity contribution in [1.82, 2.24) is 0 Å². The fourth-order valence-electron chi connectivity index (χ4n) is 0. The maximum Gasteiger partial charge on any atom is 1.00 e. The van der Waals surface area contributed by atoms with Crippen molar-refractivity contribution in [2.45, 2.75) is 0 Å². The van der Waals surface area contributed by atoms with Gasteiger partial charge in [-0.2, -0.15) is 0 Å². The minimum atomic E-state index is 0. The number of hydrogen-bond donors (Lipinski definition) is 0. The van der Waals surface area contributed by atoms with Crippen molar-refractivity contribution < 1.29 is 123 Å². The molecule has 0 heterocycles. The Kier molecular flexibility index (Phi) is 307. The third kappa shape index (κ3) is 33.6. The van der Waals surface area contributed by atoms with Crippen molar-refractivity contribution >= 4 is 67.9 Å². The van der Waals surface area contributed by atoms with Crippen LogP contribution in [0.5, 0.6) is 0 Å². The largest absolute Gasteiger partial charge is 1.00 e. The van der Waals surface area contributed by atoms with Crippen molar-refractivity contribution in [3.05, 3.63) is 0 Å². The van der Waals surface area contributed by atoms with Crippen LogP contribution in [0.15, 0.2) is 0 Å². The normalized spacial score (nSPS) is 0. The molecule has 7 heteroatoms. The number of hydrogen-bond acceptors (Lipinski definition) is 0. The van der Waals surface area contributed by atoms with Gasteiger partial charge in [0, 0.05) is 20.4 Å². The number of halogens is 4. The van der Waals surface area contributed by atoms with E-state index in [0.29, 0.717) is 0 Å². The van der Waals surface area contributed by atoms with Crippen molar-refractivity contribution in [3.63, 3.8) is 0 Å². The van der Waals surface area contributed by atoms with Gasteiger partial charge in [-0.25, -0.2) is 0 Å². The van der Waals surface area contributed by atoms with Gasteiger partial charge in [0.15, 0.2) is 0 Å². The van der Waals surface area contributed by atoms with Gasteiger partial charge in [-0.15, -0.1) is 67.9 Å². The summed E-state index contributed by atoms with van der Waals surface area (Å²) in [5.74, 6) is 0. The van der Waals surface area contributed by atoms with Crippen LogP contribution >= 0.6 is 67.9 Å². The smallest absolute Gasteiger partial charge is 0.114 e. The van der Waals surface area contributed by atoms with Gasteiger partial charge in [0.2, 0.25) is 0 Å². The van der Waals surface area contributed by atoms with E-state index in [2.05, 4.69) is 0 Å². The van der Waals surface area contributed by atoms with Gasteiger partial charge in [-0.05, 0) is 0 Å². The topological polar surface area (TPSA) is 0 Å². The molecule has 0 aliphatic rings. The molecule has 0 aromatic heterocycles. The van der Waals surface area contributed by atoms with Gasteiger partial charge in [0.1, 0.15) is 0 Å². The first kappa shape index (κ1) is 52.7. The molecule has 0 rings (SSSR count). The zero-order valence-corrected chi connectivity index (χ0v) is 18.6. The molecule has 0 saturated carbocycles. The van der Waals surface area contributed by atoms with Crippen LogP contribution in [-0.4, -0.2) is 0 Å². The summed E-state index contributed by atoms with van der Waals surface area (Å²) < 4.78 is 0. The zero-order valence-electron chi connectivity index (χ0n) is 3.95. The van der Waals surface area contributed by atoms with E-state index in [1.165, 1.54) is 0 Å². The molecular formula is H4Br4K2Pd+2. The summed E-state index contributed by atoms with van der Waals surface area (Å²) >= 11 is 0. The first-order valence-corrected chi connectivity index (χ1v) is 0. The standard InChI is InChI=1S/4BrH.2K.Pd/h4*1H;;;/q;;;;2*+1;. The monoisotopic (exact) mass is 504 g/mol. The van der Waals surface area contributed by atoms with Crippen molar-refractivity contribution in [3.8, 4) is 0 Å². The van der Waals surface area contributed by atoms with Crippen LogP contribution in [0.1, 0.15) is 0 Å². The van der Waals surface area contributed by atoms with E-state index >= 15 is 0 Å². The van der Waals surface area contributed by atoms with Gasteiger partial charge in [-0.1, -0.05) is 0 Å². The predicted molar refractivity (Wildman–Crippen MR) is 41.3 cm³/mol. The first-order chi connectivity index (χ1) is 0. The molecule has 0 fully saturated rings. The second-order valence-corrected chi connectivity index (χ2v) is 0. The Bertz CT molecular complexity index is 9.65. The summed E-state index contributed by atoms with van der Waals surface area (Å²) in [5, 5.41) is 0. The minimum absolute atomic E-state index is 0. The minimum Gasteiger partial charge on any atom is -0.114 e. The second kappa shape index (κ2) is 40.7. The maximum absolute atomic E-state index is 0. The van der Waals surface area contributed by atoms with Gasteiger partial charge in [0.25, 0.3) is 0 Å². The third-order valence-corrected chi connectivity index (χ3v) is 0. The Hall–Kier alpha value is 5.86. The summed E-state index contributed by atoms with van der Waals surface area (Å²) in [4.78, 5) is 0. The summed E-state index contributed by atoms with van der Waals surface area (Å²) in [5.41, 5.74) is 0. The molecular weight excluding hydrogens is 504 g/mol. The molecule has 0 aromatic rings. The fraction of sp³-hybridized carbons (Fsp3) is 0. The summed E-state index contributed by atoms with van der Waals surface area (Å²) in [6.45, 7) is 0. The van der Waals surface area contributed by atoms with E-state index in [-0.39, 0.29) is 191 Å². The third-order valence-electron chi connectivity index (χ3n) is 0. The Morgan fingerprint density at radius 2 is 0.429 bits per heavy atom. The Morgan fingerprint density at radius 1 is 0.429 bits per heavy atom. The van der Waals surface area contributed by atoms with Gasteiger partial charge < -0.3 is 0 Å². The van der Waals surface area contributed by atoms with Crippen molar-refractivity contribution in [2.24, 2.45) is 0 Å². The van der Waals surface area contributed by atoms with E-state index in [1.807, 2.05) is 0 Å². The van der Waals surface area contributed by atoms with Crippen molar-refractivity contribution in [1.29, 1.82) is 0 Å². The second-order valence-electron chi connectivity index (χ2n) is 0. The van der Waals surface area contributed by atoms with E-state index in [4.69, 9.17) is 0 Å². The summed E-state index contributed by atoms with van der Waals surface area (Å²) in [6, 6.07) is 0. The molecule has 0 bridgehead atoms. The molecule has 42 valence electrons. The van der Waals surface area contributed by atoms with E-state index in [0.717, 1.165) is 0 Å². The van der Waals surface area contributed by atoms with Gasteiger partial charge in [0.05, 0.1) is 0 Å². The van der Waals surface area contributed by atoms with Gasteiger partial charge >= 0.3 is 103 Å². The van der Waals surface area contributed by atoms with E-state index in [9.17, 15) is 0 Å². The SMILES string of the molecule is Br.Br.Br.Br.[K+].[K+].[Pd]. The molecule has 0 aliphatic carbocycles. The molecule has 0 saturated heterocycles. The van der Waals surface area contributed by atoms with E-state index < -0.39 is 0 Å². The Morgan fingerprint density at radius 3 is 0.429 bits per heavy atom. The molecule has 0 aliphatic heterocycles. The summed E-state index contributed by atoms with van der Waals surface area (Å²) in [7, 11) is 0. The van der Waals surface area contributed by atoms with Crippen molar-refractivity contribution in [2.75, 3.05) is 0 Å². The van der Waals surface area contributed by atoms with Crippen LogP contribution < -0.4 is 103 Å². The molecule has 0 atom stereocenters. The maximum atomic E-state index is 0. The van der Waals surface area contributed by atoms with Crippen LogP contribution in [0.4, 0.5) is 0 Å². The molecule has 0 N–H and O–H groups in total. The predicted octanol–water partition coefficient (Wildman–Crippen LogP) is -3.68. The Labute approximate surface area is 185 Å². The first-order valence-electron chi connectivity index (χ1n) is 0. The average molecular weight is 508 g/mol. The molecule has 0 unspecified atom stereocenters. The average Bonchev–Trinajstić information content (AvgIpc) is 0. The molecule has 7 heavy (non-hydrogen) atoms. The molecule has 0 nitrogen and oxygen atoms in total. The molecule has 0 amide bonds. The number of rotatable bonds is 0. The molecule has 0 spiro atoms. The van der Waals surface area contributed by atoms with Gasteiger partial charge in [-0.3, -0.25) is 0 Å². The van der Waals surface area contributed by atoms with E-state index in [1.54, 1.807) is 0 Å². The zero-order chi connectivity index (χ0) is 0. The quantitative estimate of drug-likeness (QED) is 0.296. The molecule has 0 aromatic carbocycles. The molecule has 0 radical (unpaired) electrons. The van der Waals surface area contributed by atoms with Crippen LogP contribution in [-0.2, 0) is 20.4 Å². The van der Waals surface area contributed by atoms with Crippen LogP contribution in [0, 0.1) is 0 Å². The fourth-order valence-corrected chi connectivity index (χ4v) is 0.